The van der Waals surface area contributed by atoms with Gasteiger partial charge >= 0.3 is 0 Å². The zero-order chi connectivity index (χ0) is 14.7. The summed E-state index contributed by atoms with van der Waals surface area (Å²) in [5.41, 5.74) is 0.794. The van der Waals surface area contributed by atoms with Gasteiger partial charge in [0.2, 0.25) is 5.91 Å². The van der Waals surface area contributed by atoms with E-state index in [1.165, 1.54) is 11.0 Å². The molecular weight excluding hydrogens is 370 g/mol. The van der Waals surface area contributed by atoms with Crippen molar-refractivity contribution in [3.8, 4) is 5.75 Å². The summed E-state index contributed by atoms with van der Waals surface area (Å²) in [7, 11) is 0. The summed E-state index contributed by atoms with van der Waals surface area (Å²) >= 11 is 5.92. The summed E-state index contributed by atoms with van der Waals surface area (Å²) < 4.78 is 19.4. The number of allylic oxidation sites excluding steroid dienone is 1. The van der Waals surface area contributed by atoms with Crippen molar-refractivity contribution in [2.24, 2.45) is 0 Å². The minimum absolute atomic E-state index is 0. The Kier molecular flexibility index (Phi) is 7.31. The molecule has 111 valence electrons. The summed E-state index contributed by atoms with van der Waals surface area (Å²) in [4.78, 5) is 13.5. The molecule has 0 aliphatic carbocycles. The summed E-state index contributed by atoms with van der Waals surface area (Å²) in [5.74, 6) is -0.177. The predicted molar refractivity (Wildman–Crippen MR) is 75.9 cm³/mol. The number of nitrogens with zero attached hydrogens (tertiary/aromatic N) is 1. The van der Waals surface area contributed by atoms with Crippen LogP contribution in [0.1, 0.15) is 25.8 Å². The summed E-state index contributed by atoms with van der Waals surface area (Å²) in [6.45, 7) is 4.56. The van der Waals surface area contributed by atoms with Crippen LogP contribution < -0.4 is 4.74 Å². The molecule has 1 amide bonds. The molecule has 1 atom stereocenters. The molecule has 0 saturated heterocycles. The van der Waals surface area contributed by atoms with Gasteiger partial charge in [0, 0.05) is 39.3 Å². The van der Waals surface area contributed by atoms with Crippen molar-refractivity contribution in [2.45, 2.75) is 25.6 Å². The fourth-order valence-electron chi connectivity index (χ4n) is 2.15. The number of amides is 1. The van der Waals surface area contributed by atoms with Crippen LogP contribution in [-0.4, -0.2) is 29.3 Å². The molecule has 1 aliphatic rings. The minimum atomic E-state index is -0.621. The number of rotatable bonds is 4. The SMILES string of the molecule is CCOc1ccc(C2=[C-]CC(Cl)C(=O)N2CC)c(F)c1.[Y]. The van der Waals surface area contributed by atoms with Crippen LogP contribution in [0.15, 0.2) is 18.2 Å². The normalized spacial score (nSPS) is 18.1. The molecule has 1 radical (unpaired) electrons. The van der Waals surface area contributed by atoms with Gasteiger partial charge in [0.25, 0.3) is 0 Å². The average molecular weight is 386 g/mol. The van der Waals surface area contributed by atoms with Crippen molar-refractivity contribution in [1.82, 2.24) is 4.90 Å². The van der Waals surface area contributed by atoms with E-state index in [2.05, 4.69) is 6.08 Å². The molecule has 2 rings (SSSR count). The first-order chi connectivity index (χ1) is 9.58. The van der Waals surface area contributed by atoms with Gasteiger partial charge in [0.1, 0.15) is 11.1 Å². The fourth-order valence-corrected chi connectivity index (χ4v) is 2.34. The van der Waals surface area contributed by atoms with E-state index in [-0.39, 0.29) is 38.6 Å². The zero-order valence-corrected chi connectivity index (χ0v) is 15.6. The topological polar surface area (TPSA) is 29.5 Å². The molecule has 21 heavy (non-hydrogen) atoms. The van der Waals surface area contributed by atoms with Gasteiger partial charge in [0.15, 0.2) is 0 Å². The molecule has 0 spiro atoms. The molecule has 1 unspecified atom stereocenters. The van der Waals surface area contributed by atoms with Gasteiger partial charge in [-0.05, 0) is 26.0 Å². The van der Waals surface area contributed by atoms with Gasteiger partial charge < -0.3 is 9.64 Å². The number of benzene rings is 1. The first kappa shape index (κ1) is 18.6. The van der Waals surface area contributed by atoms with Crippen LogP contribution in [0.2, 0.25) is 0 Å². The minimum Gasteiger partial charge on any atom is -0.494 e. The quantitative estimate of drug-likeness (QED) is 0.588. The molecule has 0 aromatic heterocycles. The Bertz CT molecular complexity index is 550. The second kappa shape index (κ2) is 8.26. The summed E-state index contributed by atoms with van der Waals surface area (Å²) in [5, 5.41) is -0.621. The smallest absolute Gasteiger partial charge is 0.241 e. The van der Waals surface area contributed by atoms with Crippen LogP contribution in [0.25, 0.3) is 5.70 Å². The van der Waals surface area contributed by atoms with Crippen LogP contribution in [0.5, 0.6) is 5.75 Å². The van der Waals surface area contributed by atoms with Crippen LogP contribution in [0.4, 0.5) is 4.39 Å². The van der Waals surface area contributed by atoms with E-state index in [1.54, 1.807) is 12.1 Å². The van der Waals surface area contributed by atoms with Gasteiger partial charge in [-0.2, -0.15) is 0 Å². The number of ether oxygens (including phenoxy) is 1. The number of alkyl halides is 1. The van der Waals surface area contributed by atoms with Crippen LogP contribution in [0, 0.1) is 11.9 Å². The largest absolute Gasteiger partial charge is 0.494 e. The zero-order valence-electron chi connectivity index (χ0n) is 12.0. The van der Waals surface area contributed by atoms with Gasteiger partial charge in [-0.1, -0.05) is 6.42 Å². The van der Waals surface area contributed by atoms with Crippen molar-refractivity contribution in [3.63, 3.8) is 0 Å². The third-order valence-corrected chi connectivity index (χ3v) is 3.42. The van der Waals surface area contributed by atoms with Gasteiger partial charge in [-0.25, -0.2) is 10.5 Å². The van der Waals surface area contributed by atoms with E-state index < -0.39 is 11.2 Å². The van der Waals surface area contributed by atoms with E-state index >= 15 is 0 Å². The van der Waals surface area contributed by atoms with Crippen LogP contribution >= 0.6 is 11.6 Å². The van der Waals surface area contributed by atoms with Gasteiger partial charge in [-0.15, -0.1) is 28.9 Å². The van der Waals surface area contributed by atoms with Crippen molar-refractivity contribution >= 4 is 23.2 Å². The van der Waals surface area contributed by atoms with Crippen LogP contribution in [-0.2, 0) is 37.5 Å². The molecule has 0 fully saturated rings. The molecule has 0 N–H and O–H groups in total. The molecule has 1 aromatic rings. The molecule has 3 nitrogen and oxygen atoms in total. The van der Waals surface area contributed by atoms with Crippen molar-refractivity contribution in [1.29, 1.82) is 0 Å². The van der Waals surface area contributed by atoms with Crippen molar-refractivity contribution in [2.75, 3.05) is 13.2 Å². The standard InChI is InChI=1S/C15H16ClFNO2.Y/c1-3-18-14(8-7-12(16)15(18)19)11-6-5-10(20-4-2)9-13(11)17;/h5-6,9,12H,3-4,7H2,1-2H3;/q-1;. The maximum Gasteiger partial charge on any atom is 0.241 e. The van der Waals surface area contributed by atoms with E-state index in [0.29, 0.717) is 36.6 Å². The third kappa shape index (κ3) is 4.05. The maximum absolute atomic E-state index is 14.2. The predicted octanol–water partition coefficient (Wildman–Crippen LogP) is 3.23. The number of hydrogen-bond donors (Lipinski definition) is 0. The third-order valence-electron chi connectivity index (χ3n) is 3.08. The molecule has 6 heteroatoms. The fraction of sp³-hybridized carbons (Fsp3) is 0.400. The Hall–Kier alpha value is -0.446. The molecule has 0 bridgehead atoms. The number of hydrogen-bond acceptors (Lipinski definition) is 2. The Labute approximate surface area is 154 Å². The van der Waals surface area contributed by atoms with Gasteiger partial charge in [0.05, 0.1) is 12.4 Å². The van der Waals surface area contributed by atoms with Crippen molar-refractivity contribution in [3.05, 3.63) is 35.7 Å². The molecule has 0 saturated carbocycles. The first-order valence-corrected chi connectivity index (χ1v) is 7.01. The Morgan fingerprint density at radius 1 is 1.48 bits per heavy atom. The number of carbonyl (C=O) groups is 1. The first-order valence-electron chi connectivity index (χ1n) is 6.57. The second-order valence-corrected chi connectivity index (χ2v) is 4.88. The summed E-state index contributed by atoms with van der Waals surface area (Å²) in [6, 6.07) is 4.60. The molecule has 1 heterocycles. The molecule has 1 aliphatic heterocycles. The average Bonchev–Trinajstić information content (AvgIpc) is 2.43. The maximum atomic E-state index is 14.2. The number of carbonyl (C=O) groups excluding carboxylic acids is 1. The number of halogens is 2. The van der Waals surface area contributed by atoms with E-state index in [4.69, 9.17) is 16.3 Å². The Morgan fingerprint density at radius 3 is 2.76 bits per heavy atom. The Morgan fingerprint density at radius 2 is 2.19 bits per heavy atom. The van der Waals surface area contributed by atoms with E-state index in [9.17, 15) is 9.18 Å². The van der Waals surface area contributed by atoms with E-state index in [1.807, 2.05) is 13.8 Å². The molecular formula is C15H16ClFNO2Y-. The molecule has 1 aromatic carbocycles. The van der Waals surface area contributed by atoms with Crippen molar-refractivity contribution < 1.29 is 46.6 Å². The monoisotopic (exact) mass is 385 g/mol. The van der Waals surface area contributed by atoms with E-state index in [0.717, 1.165) is 0 Å². The van der Waals surface area contributed by atoms with Crippen LogP contribution in [0.3, 0.4) is 0 Å². The van der Waals surface area contributed by atoms with Gasteiger partial charge in [-0.3, -0.25) is 4.79 Å². The summed E-state index contributed by atoms with van der Waals surface area (Å²) in [6.07, 6.45) is 3.31. The second-order valence-electron chi connectivity index (χ2n) is 4.35. The Balaban J connectivity index is 0.00000220.